The molecule has 0 radical (unpaired) electrons. The zero-order valence-corrected chi connectivity index (χ0v) is 22.2. The predicted molar refractivity (Wildman–Crippen MR) is 134 cm³/mol. The van der Waals surface area contributed by atoms with E-state index in [1.54, 1.807) is 0 Å². The first-order valence-electron chi connectivity index (χ1n) is 13.9. The molecule has 0 unspecified atom stereocenters. The minimum Gasteiger partial charge on any atom is -0.396 e. The van der Waals surface area contributed by atoms with Crippen LogP contribution in [0.3, 0.4) is 0 Å². The molecular formula is C30H49NO2. The van der Waals surface area contributed by atoms with Crippen molar-refractivity contribution in [2.75, 3.05) is 6.61 Å². The van der Waals surface area contributed by atoms with Crippen molar-refractivity contribution in [3.63, 3.8) is 0 Å². The zero-order valence-electron chi connectivity index (χ0n) is 22.2. The predicted octanol–water partition coefficient (Wildman–Crippen LogP) is 6.50. The first-order valence-corrected chi connectivity index (χ1v) is 13.9. The first-order chi connectivity index (χ1) is 15.3. The molecule has 1 aliphatic heterocycles. The van der Waals surface area contributed by atoms with Crippen LogP contribution in [0.2, 0.25) is 0 Å². The van der Waals surface area contributed by atoms with Gasteiger partial charge in [-0.1, -0.05) is 32.9 Å². The molecule has 1 amide bonds. The Morgan fingerprint density at radius 2 is 1.67 bits per heavy atom. The van der Waals surface area contributed by atoms with Gasteiger partial charge in [-0.15, -0.1) is 0 Å². The molecule has 3 heteroatoms. The van der Waals surface area contributed by atoms with E-state index in [9.17, 15) is 9.90 Å². The molecule has 0 spiro atoms. The van der Waals surface area contributed by atoms with Crippen molar-refractivity contribution in [1.82, 2.24) is 5.32 Å². The fourth-order valence-corrected chi connectivity index (χ4v) is 11.4. The number of allylic oxidation sites excluding steroid dienone is 1. The van der Waals surface area contributed by atoms with E-state index < -0.39 is 0 Å². The first kappa shape index (κ1) is 23.9. The van der Waals surface area contributed by atoms with Gasteiger partial charge in [0.25, 0.3) is 0 Å². The number of carbonyl (C=O) groups is 1. The summed E-state index contributed by atoms with van der Waals surface area (Å²) in [5, 5.41) is 14.1. The summed E-state index contributed by atoms with van der Waals surface area (Å²) in [5.74, 6) is 3.32. The van der Waals surface area contributed by atoms with Crippen LogP contribution >= 0.6 is 0 Å². The summed E-state index contributed by atoms with van der Waals surface area (Å²) >= 11 is 0. The Balaban J connectivity index is 1.56. The molecule has 3 nitrogen and oxygen atoms in total. The van der Waals surface area contributed by atoms with Gasteiger partial charge < -0.3 is 10.4 Å². The smallest absolute Gasteiger partial charge is 0.220 e. The van der Waals surface area contributed by atoms with Crippen molar-refractivity contribution in [1.29, 1.82) is 0 Å². The molecule has 4 saturated carbocycles. The van der Waals surface area contributed by atoms with E-state index in [0.717, 1.165) is 6.42 Å². The van der Waals surface area contributed by atoms with E-state index in [2.05, 4.69) is 53.4 Å². The van der Waals surface area contributed by atoms with Gasteiger partial charge in [-0.05, 0) is 130 Å². The SMILES string of the molecule is C=C(C)[C@@H]1CC[C@]2(CO)CC[C@]3(C)[C@H](CC[C@@H]4[C@@]5(C)CCC(=O)NC(C)(C)[C@@H]5CC[C@]43C)[C@@H]12. The van der Waals surface area contributed by atoms with E-state index >= 15 is 0 Å². The van der Waals surface area contributed by atoms with Crippen LogP contribution in [-0.4, -0.2) is 23.2 Å². The normalized spacial score (nSPS) is 53.1. The number of fused-ring (bicyclic) bond motifs is 7. The molecule has 0 aromatic rings. The Bertz CT molecular complexity index is 848. The number of hydrogen-bond acceptors (Lipinski definition) is 2. The molecule has 5 rings (SSSR count). The summed E-state index contributed by atoms with van der Waals surface area (Å²) in [6, 6.07) is 0. The molecule has 5 fully saturated rings. The maximum atomic E-state index is 12.7. The maximum absolute atomic E-state index is 12.7. The van der Waals surface area contributed by atoms with Gasteiger partial charge in [-0.2, -0.15) is 0 Å². The lowest BCUT2D eigenvalue weighted by Gasteiger charge is -2.71. The topological polar surface area (TPSA) is 49.3 Å². The van der Waals surface area contributed by atoms with E-state index in [0.29, 0.717) is 53.4 Å². The maximum Gasteiger partial charge on any atom is 0.220 e. The molecule has 9 atom stereocenters. The average molecular weight is 456 g/mol. The van der Waals surface area contributed by atoms with E-state index in [1.165, 1.54) is 56.9 Å². The molecule has 5 aliphatic rings. The zero-order chi connectivity index (χ0) is 24.0. The van der Waals surface area contributed by atoms with Crippen molar-refractivity contribution in [2.45, 2.75) is 111 Å². The number of rotatable bonds is 2. The number of hydrogen-bond donors (Lipinski definition) is 2. The quantitative estimate of drug-likeness (QED) is 0.467. The lowest BCUT2D eigenvalue weighted by Crippen LogP contribution is -2.66. The number of amides is 1. The van der Waals surface area contributed by atoms with E-state index in [-0.39, 0.29) is 22.3 Å². The van der Waals surface area contributed by atoms with Crippen molar-refractivity contribution < 1.29 is 9.90 Å². The Hall–Kier alpha value is -0.830. The average Bonchev–Trinajstić information content (AvgIpc) is 3.09. The minimum absolute atomic E-state index is 0.124. The number of carbonyl (C=O) groups excluding carboxylic acids is 1. The standard InChI is InChI=1S/C30H49NO2/c1-19(2)20-10-15-30(18-32)17-16-28(6)21(25(20)30)8-9-23-27(5)13-12-24(33)31-26(3,4)22(27)11-14-29(23,28)7/h20-23,25,32H,1,8-18H2,2-7H3,(H,31,33)/t20-,21+,22-,23+,25+,27-,28+,29+,30+/m0/s1. The van der Waals surface area contributed by atoms with Gasteiger partial charge >= 0.3 is 0 Å². The summed E-state index contributed by atoms with van der Waals surface area (Å²) in [7, 11) is 0. The Morgan fingerprint density at radius 3 is 2.33 bits per heavy atom. The van der Waals surface area contributed by atoms with Crippen molar-refractivity contribution in [3.05, 3.63) is 12.2 Å². The highest BCUT2D eigenvalue weighted by Crippen LogP contribution is 2.76. The molecular weight excluding hydrogens is 406 g/mol. The van der Waals surface area contributed by atoms with Crippen molar-refractivity contribution >= 4 is 5.91 Å². The van der Waals surface area contributed by atoms with E-state index in [1.807, 2.05) is 0 Å². The minimum atomic E-state index is -0.128. The highest BCUT2D eigenvalue weighted by molar-refractivity contribution is 5.77. The molecule has 0 bridgehead atoms. The summed E-state index contributed by atoms with van der Waals surface area (Å²) in [5.41, 5.74) is 2.15. The number of nitrogens with one attached hydrogen (secondary N) is 1. The Labute approximate surface area is 202 Å². The molecule has 1 saturated heterocycles. The van der Waals surface area contributed by atoms with E-state index in [4.69, 9.17) is 0 Å². The van der Waals surface area contributed by atoms with Crippen LogP contribution in [0.15, 0.2) is 12.2 Å². The third-order valence-electron chi connectivity index (χ3n) is 13.0. The van der Waals surface area contributed by atoms with Gasteiger partial charge in [0.05, 0.1) is 0 Å². The van der Waals surface area contributed by atoms with Crippen LogP contribution in [0.25, 0.3) is 0 Å². The third-order valence-corrected chi connectivity index (χ3v) is 13.0. The Morgan fingerprint density at radius 1 is 0.939 bits per heavy atom. The van der Waals surface area contributed by atoms with Crippen LogP contribution < -0.4 is 5.32 Å². The van der Waals surface area contributed by atoms with Gasteiger partial charge in [0, 0.05) is 18.6 Å². The van der Waals surface area contributed by atoms with Crippen LogP contribution in [0, 0.1) is 51.2 Å². The fourth-order valence-electron chi connectivity index (χ4n) is 11.4. The molecule has 1 heterocycles. The third kappa shape index (κ3) is 2.99. The molecule has 0 aromatic carbocycles. The van der Waals surface area contributed by atoms with Gasteiger partial charge in [0.1, 0.15) is 0 Å². The molecule has 2 N–H and O–H groups in total. The summed E-state index contributed by atoms with van der Waals surface area (Å²) in [4.78, 5) is 12.7. The monoisotopic (exact) mass is 455 g/mol. The second-order valence-corrected chi connectivity index (χ2v) is 14.5. The van der Waals surface area contributed by atoms with Crippen molar-refractivity contribution in [2.24, 2.45) is 51.2 Å². The lowest BCUT2D eigenvalue weighted by atomic mass is 9.33. The molecule has 186 valence electrons. The Kier molecular flexibility index (Phi) is 5.31. The highest BCUT2D eigenvalue weighted by atomic mass is 16.3. The van der Waals surface area contributed by atoms with Crippen LogP contribution in [-0.2, 0) is 4.79 Å². The lowest BCUT2D eigenvalue weighted by molar-refractivity contribution is -0.226. The fraction of sp³-hybridized carbons (Fsp3) is 0.900. The number of aliphatic hydroxyl groups is 1. The molecule has 4 aliphatic carbocycles. The second-order valence-electron chi connectivity index (χ2n) is 14.5. The van der Waals surface area contributed by atoms with Gasteiger partial charge in [-0.25, -0.2) is 0 Å². The summed E-state index contributed by atoms with van der Waals surface area (Å²) in [6.45, 7) is 19.4. The molecule has 0 aromatic heterocycles. The molecule has 33 heavy (non-hydrogen) atoms. The summed E-state index contributed by atoms with van der Waals surface area (Å²) < 4.78 is 0. The van der Waals surface area contributed by atoms with Gasteiger partial charge in [-0.3, -0.25) is 4.79 Å². The van der Waals surface area contributed by atoms with Crippen LogP contribution in [0.1, 0.15) is 106 Å². The highest BCUT2D eigenvalue weighted by Gasteiger charge is 2.70. The summed E-state index contributed by atoms with van der Waals surface area (Å²) in [6.07, 6.45) is 11.6. The second kappa shape index (κ2) is 7.34. The van der Waals surface area contributed by atoms with Crippen LogP contribution in [0.4, 0.5) is 0 Å². The van der Waals surface area contributed by atoms with Gasteiger partial charge in [0.15, 0.2) is 0 Å². The van der Waals surface area contributed by atoms with Crippen molar-refractivity contribution in [3.8, 4) is 0 Å². The van der Waals surface area contributed by atoms with Gasteiger partial charge in [0.2, 0.25) is 5.91 Å². The largest absolute Gasteiger partial charge is 0.396 e. The van der Waals surface area contributed by atoms with Crippen LogP contribution in [0.5, 0.6) is 0 Å². The number of aliphatic hydroxyl groups excluding tert-OH is 1.